The molecule has 3 N–H and O–H groups in total. The van der Waals surface area contributed by atoms with E-state index in [9.17, 15) is 0 Å². The van der Waals surface area contributed by atoms with Crippen LogP contribution in [0.15, 0.2) is 0 Å². The van der Waals surface area contributed by atoms with Crippen LogP contribution in [-0.4, -0.2) is 15.2 Å². The van der Waals surface area contributed by atoms with E-state index in [1.807, 2.05) is 6.92 Å². The molecule has 0 amide bonds. The molecule has 2 heterocycles. The van der Waals surface area contributed by atoms with E-state index in [0.717, 1.165) is 35.1 Å². The van der Waals surface area contributed by atoms with Gasteiger partial charge in [0.1, 0.15) is 5.82 Å². The first-order valence-electron chi connectivity index (χ1n) is 5.55. The fourth-order valence-electron chi connectivity index (χ4n) is 2.29. The van der Waals surface area contributed by atoms with E-state index in [1.165, 1.54) is 23.3 Å². The SMILES string of the molecule is Cc1nc(-c2c(N)sc3c2CCCC3)n[nH]1. The number of hydrogen-bond donors (Lipinski definition) is 2. The molecule has 1 aliphatic carbocycles. The van der Waals surface area contributed by atoms with Crippen LogP contribution in [0.3, 0.4) is 0 Å². The minimum absolute atomic E-state index is 0.759. The minimum Gasteiger partial charge on any atom is -0.390 e. The third-order valence-corrected chi connectivity index (χ3v) is 4.14. The van der Waals surface area contributed by atoms with E-state index in [-0.39, 0.29) is 0 Å². The zero-order chi connectivity index (χ0) is 11.1. The highest BCUT2D eigenvalue weighted by Gasteiger charge is 2.22. The summed E-state index contributed by atoms with van der Waals surface area (Å²) in [5.74, 6) is 1.60. The molecule has 1 aliphatic rings. The van der Waals surface area contributed by atoms with Gasteiger partial charge in [0.25, 0.3) is 0 Å². The summed E-state index contributed by atoms with van der Waals surface area (Å²) >= 11 is 1.70. The molecule has 0 spiro atoms. The highest BCUT2D eigenvalue weighted by molar-refractivity contribution is 7.16. The number of fused-ring (bicyclic) bond motifs is 1. The van der Waals surface area contributed by atoms with E-state index in [2.05, 4.69) is 15.2 Å². The van der Waals surface area contributed by atoms with Crippen molar-refractivity contribution in [3.63, 3.8) is 0 Å². The van der Waals surface area contributed by atoms with Crippen LogP contribution in [0, 0.1) is 6.92 Å². The molecule has 0 unspecified atom stereocenters. The third-order valence-electron chi connectivity index (χ3n) is 3.02. The molecule has 16 heavy (non-hydrogen) atoms. The fourth-order valence-corrected chi connectivity index (χ4v) is 3.44. The number of aryl methyl sites for hydroxylation is 2. The standard InChI is InChI=1S/C11H14N4S/c1-6-13-11(15-14-6)9-7-4-2-3-5-8(7)16-10(9)12/h2-5,12H2,1H3,(H,13,14,15). The molecule has 2 aromatic rings. The van der Waals surface area contributed by atoms with Crippen molar-refractivity contribution in [1.29, 1.82) is 0 Å². The Morgan fingerprint density at radius 2 is 2.12 bits per heavy atom. The molecule has 0 fully saturated rings. The lowest BCUT2D eigenvalue weighted by Gasteiger charge is -2.11. The molecule has 0 saturated heterocycles. The molecule has 4 nitrogen and oxygen atoms in total. The molecule has 2 aromatic heterocycles. The maximum Gasteiger partial charge on any atom is 0.184 e. The second kappa shape index (κ2) is 3.59. The molecule has 3 rings (SSSR count). The lowest BCUT2D eigenvalue weighted by molar-refractivity contribution is 0.697. The Bertz CT molecular complexity index is 526. The number of aromatic amines is 1. The Morgan fingerprint density at radius 1 is 1.31 bits per heavy atom. The Morgan fingerprint density at radius 3 is 2.88 bits per heavy atom. The van der Waals surface area contributed by atoms with Gasteiger partial charge in [-0.15, -0.1) is 11.3 Å². The molecule has 0 aliphatic heterocycles. The van der Waals surface area contributed by atoms with Crippen molar-refractivity contribution in [2.75, 3.05) is 5.73 Å². The highest BCUT2D eigenvalue weighted by atomic mass is 32.1. The number of aromatic nitrogens is 3. The smallest absolute Gasteiger partial charge is 0.184 e. The largest absolute Gasteiger partial charge is 0.390 e. The second-order valence-corrected chi connectivity index (χ2v) is 5.33. The number of nitrogen functional groups attached to an aromatic ring is 1. The topological polar surface area (TPSA) is 67.6 Å². The van der Waals surface area contributed by atoms with Crippen molar-refractivity contribution in [2.45, 2.75) is 32.6 Å². The monoisotopic (exact) mass is 234 g/mol. The Balaban J connectivity index is 2.16. The van der Waals surface area contributed by atoms with Crippen LogP contribution in [0.25, 0.3) is 11.4 Å². The van der Waals surface area contributed by atoms with Crippen LogP contribution in [0.4, 0.5) is 5.00 Å². The molecule has 84 valence electrons. The summed E-state index contributed by atoms with van der Waals surface area (Å²) in [4.78, 5) is 5.81. The first-order valence-corrected chi connectivity index (χ1v) is 6.36. The van der Waals surface area contributed by atoms with Crippen molar-refractivity contribution in [3.05, 3.63) is 16.3 Å². The number of nitrogens with zero attached hydrogens (tertiary/aromatic N) is 2. The van der Waals surface area contributed by atoms with Crippen LogP contribution in [0.5, 0.6) is 0 Å². The minimum atomic E-state index is 0.759. The normalized spacial score (nSPS) is 15.1. The van der Waals surface area contributed by atoms with E-state index < -0.39 is 0 Å². The van der Waals surface area contributed by atoms with E-state index >= 15 is 0 Å². The Kier molecular flexibility index (Phi) is 2.21. The average Bonchev–Trinajstić information content (AvgIpc) is 2.80. The number of anilines is 1. The van der Waals surface area contributed by atoms with Crippen LogP contribution < -0.4 is 5.73 Å². The van der Waals surface area contributed by atoms with Crippen molar-refractivity contribution in [2.24, 2.45) is 0 Å². The summed E-state index contributed by atoms with van der Waals surface area (Å²) in [5, 5.41) is 7.96. The molecule has 0 bridgehead atoms. The van der Waals surface area contributed by atoms with Crippen molar-refractivity contribution in [1.82, 2.24) is 15.2 Å². The number of nitrogens with two attached hydrogens (primary N) is 1. The maximum absolute atomic E-state index is 6.09. The van der Waals surface area contributed by atoms with E-state index in [0.29, 0.717) is 0 Å². The number of rotatable bonds is 1. The summed E-state index contributed by atoms with van der Waals surface area (Å²) in [7, 11) is 0. The molecular weight excluding hydrogens is 220 g/mol. The Labute approximate surface area is 97.9 Å². The van der Waals surface area contributed by atoms with Gasteiger partial charge in [0.05, 0.1) is 10.6 Å². The van der Waals surface area contributed by atoms with E-state index in [4.69, 9.17) is 5.73 Å². The van der Waals surface area contributed by atoms with Gasteiger partial charge in [-0.3, -0.25) is 5.10 Å². The highest BCUT2D eigenvalue weighted by Crippen LogP contribution is 2.41. The quantitative estimate of drug-likeness (QED) is 0.795. The zero-order valence-electron chi connectivity index (χ0n) is 9.21. The first-order chi connectivity index (χ1) is 7.75. The summed E-state index contributed by atoms with van der Waals surface area (Å²) in [6.45, 7) is 1.91. The van der Waals surface area contributed by atoms with Gasteiger partial charge in [0.15, 0.2) is 5.82 Å². The van der Waals surface area contributed by atoms with Crippen LogP contribution >= 0.6 is 11.3 Å². The van der Waals surface area contributed by atoms with Gasteiger partial charge in [-0.1, -0.05) is 0 Å². The maximum atomic E-state index is 6.09. The summed E-state index contributed by atoms with van der Waals surface area (Å²) in [6, 6.07) is 0. The molecule has 0 atom stereocenters. The van der Waals surface area contributed by atoms with Crippen molar-refractivity contribution >= 4 is 16.3 Å². The van der Waals surface area contributed by atoms with Gasteiger partial charge >= 0.3 is 0 Å². The number of nitrogens with one attached hydrogen (secondary N) is 1. The van der Waals surface area contributed by atoms with Gasteiger partial charge in [0, 0.05) is 4.88 Å². The van der Waals surface area contributed by atoms with Crippen LogP contribution in [-0.2, 0) is 12.8 Å². The Hall–Kier alpha value is -1.36. The average molecular weight is 234 g/mol. The first kappa shape index (κ1) is 9.84. The summed E-state index contributed by atoms with van der Waals surface area (Å²) in [6.07, 6.45) is 4.80. The van der Waals surface area contributed by atoms with Crippen LogP contribution in [0.2, 0.25) is 0 Å². The van der Waals surface area contributed by atoms with Gasteiger partial charge in [0.2, 0.25) is 0 Å². The molecular formula is C11H14N4S. The zero-order valence-corrected chi connectivity index (χ0v) is 10.0. The summed E-state index contributed by atoms with van der Waals surface area (Å²) < 4.78 is 0. The predicted octanol–water partition coefficient (Wildman–Crippen LogP) is 2.30. The van der Waals surface area contributed by atoms with Gasteiger partial charge in [-0.25, -0.2) is 4.98 Å². The predicted molar refractivity (Wildman–Crippen MR) is 65.5 cm³/mol. The molecule has 5 heteroatoms. The number of thiophene rings is 1. The van der Waals surface area contributed by atoms with Gasteiger partial charge in [-0.05, 0) is 38.2 Å². The molecule has 0 radical (unpaired) electrons. The van der Waals surface area contributed by atoms with Gasteiger partial charge in [-0.2, -0.15) is 5.10 Å². The molecule has 0 aromatic carbocycles. The second-order valence-electron chi connectivity index (χ2n) is 4.19. The van der Waals surface area contributed by atoms with Crippen LogP contribution in [0.1, 0.15) is 29.1 Å². The lowest BCUT2D eigenvalue weighted by Crippen LogP contribution is -2.00. The fraction of sp³-hybridized carbons (Fsp3) is 0.455. The number of hydrogen-bond acceptors (Lipinski definition) is 4. The number of H-pyrrole nitrogens is 1. The lowest BCUT2D eigenvalue weighted by atomic mass is 9.95. The van der Waals surface area contributed by atoms with Crippen molar-refractivity contribution in [3.8, 4) is 11.4 Å². The van der Waals surface area contributed by atoms with Crippen molar-refractivity contribution < 1.29 is 0 Å². The molecule has 0 saturated carbocycles. The van der Waals surface area contributed by atoms with E-state index in [1.54, 1.807) is 11.3 Å². The third kappa shape index (κ3) is 1.43. The summed E-state index contributed by atoms with van der Waals surface area (Å²) in [5.41, 5.74) is 8.54. The van der Waals surface area contributed by atoms with Gasteiger partial charge < -0.3 is 5.73 Å².